The van der Waals surface area contributed by atoms with Crippen LogP contribution in [0.25, 0.3) is 0 Å². The Morgan fingerprint density at radius 1 is 0.927 bits per heavy atom. The molecule has 0 atom stereocenters. The van der Waals surface area contributed by atoms with Gasteiger partial charge in [0.2, 0.25) is 0 Å². The van der Waals surface area contributed by atoms with Gasteiger partial charge in [-0.1, -0.05) is 48.0 Å². The van der Waals surface area contributed by atoms with E-state index in [1.165, 1.54) is 5.56 Å². The Balaban J connectivity index is 1.27. The number of anilines is 2. The number of hydrogen-bond acceptors (Lipinski definition) is 5. The molecule has 0 unspecified atom stereocenters. The molecule has 0 saturated carbocycles. The second-order valence-corrected chi connectivity index (χ2v) is 10.6. The number of rotatable bonds is 10. The monoisotopic (exact) mass is 568 g/mol. The quantitative estimate of drug-likeness (QED) is 0.240. The van der Waals surface area contributed by atoms with Crippen molar-refractivity contribution < 1.29 is 14.3 Å². The number of carbonyl (C=O) groups is 2. The summed E-state index contributed by atoms with van der Waals surface area (Å²) in [7, 11) is 0. The topological polar surface area (TPSA) is 83.6 Å². The molecule has 1 saturated heterocycles. The summed E-state index contributed by atoms with van der Waals surface area (Å²) in [5.74, 6) is 0.627. The standard InChI is InChI=1S/C33H33ClN4O3/c34-27-8-11-29(12-9-27)41-23-32(39)37-28-10-13-31(30(20-28)33(40)36-22-26-7-4-16-35-21-26)38-17-14-25(15-18-38)19-24-5-2-1-3-6-24/h1-13,16,20-21,25H,14-15,17-19,22-23H2,(H,36,40)(H,37,39). The predicted octanol–water partition coefficient (Wildman–Crippen LogP) is 6.14. The second-order valence-electron chi connectivity index (χ2n) is 10.2. The molecule has 2 heterocycles. The number of piperidine rings is 1. The molecule has 1 aliphatic heterocycles. The van der Waals surface area contributed by atoms with E-state index in [1.54, 1.807) is 42.7 Å². The third-order valence-electron chi connectivity index (χ3n) is 7.21. The Morgan fingerprint density at radius 3 is 2.41 bits per heavy atom. The van der Waals surface area contributed by atoms with E-state index >= 15 is 0 Å². The van der Waals surface area contributed by atoms with Crippen LogP contribution in [0.4, 0.5) is 11.4 Å². The molecule has 7 nitrogen and oxygen atoms in total. The van der Waals surface area contributed by atoms with Crippen LogP contribution in [-0.2, 0) is 17.8 Å². The zero-order valence-electron chi connectivity index (χ0n) is 22.8. The maximum Gasteiger partial charge on any atom is 0.262 e. The van der Waals surface area contributed by atoms with E-state index in [0.29, 0.717) is 34.5 Å². The van der Waals surface area contributed by atoms with Gasteiger partial charge in [-0.15, -0.1) is 0 Å². The number of aromatic nitrogens is 1. The average molecular weight is 569 g/mol. The Bertz CT molecular complexity index is 1440. The largest absolute Gasteiger partial charge is 0.484 e. The first kappa shape index (κ1) is 28.2. The molecule has 1 fully saturated rings. The molecule has 0 bridgehead atoms. The molecule has 1 aromatic heterocycles. The summed E-state index contributed by atoms with van der Waals surface area (Å²) in [6.45, 7) is 1.92. The summed E-state index contributed by atoms with van der Waals surface area (Å²) in [5, 5.41) is 6.47. The SMILES string of the molecule is O=C(COc1ccc(Cl)cc1)Nc1ccc(N2CCC(Cc3ccccc3)CC2)c(C(=O)NCc2cccnc2)c1. The number of halogens is 1. The van der Waals surface area contributed by atoms with Crippen LogP contribution >= 0.6 is 11.6 Å². The van der Waals surface area contributed by atoms with Gasteiger partial charge in [-0.3, -0.25) is 14.6 Å². The molecule has 0 aliphatic carbocycles. The summed E-state index contributed by atoms with van der Waals surface area (Å²) >= 11 is 5.91. The first-order valence-electron chi connectivity index (χ1n) is 13.8. The van der Waals surface area contributed by atoms with Crippen molar-refractivity contribution in [3.63, 3.8) is 0 Å². The van der Waals surface area contributed by atoms with Crippen molar-refractivity contribution in [1.29, 1.82) is 0 Å². The van der Waals surface area contributed by atoms with E-state index in [-0.39, 0.29) is 18.4 Å². The second kappa shape index (κ2) is 13.8. The lowest BCUT2D eigenvalue weighted by molar-refractivity contribution is -0.118. The molecule has 3 aromatic carbocycles. The van der Waals surface area contributed by atoms with Gasteiger partial charge in [-0.05, 0) is 84.8 Å². The normalized spacial score (nSPS) is 13.4. The number of nitrogens with one attached hydrogen (secondary N) is 2. The van der Waals surface area contributed by atoms with Crippen molar-refractivity contribution >= 4 is 34.8 Å². The molecule has 4 aromatic rings. The average Bonchev–Trinajstić information content (AvgIpc) is 3.01. The van der Waals surface area contributed by atoms with Crippen LogP contribution in [0, 0.1) is 5.92 Å². The number of amides is 2. The van der Waals surface area contributed by atoms with Gasteiger partial charge in [-0.25, -0.2) is 0 Å². The molecule has 5 rings (SSSR count). The smallest absolute Gasteiger partial charge is 0.262 e. The molecule has 1 aliphatic rings. The number of pyridine rings is 1. The molecule has 0 spiro atoms. The molecule has 210 valence electrons. The molecular weight excluding hydrogens is 536 g/mol. The minimum Gasteiger partial charge on any atom is -0.484 e. The molecular formula is C33H33ClN4O3. The zero-order chi connectivity index (χ0) is 28.4. The highest BCUT2D eigenvalue weighted by molar-refractivity contribution is 6.30. The number of ether oxygens (including phenoxy) is 1. The number of benzene rings is 3. The fourth-order valence-electron chi connectivity index (χ4n) is 5.05. The minimum atomic E-state index is -0.323. The van der Waals surface area contributed by atoms with Crippen LogP contribution in [0.2, 0.25) is 5.02 Å². The summed E-state index contributed by atoms with van der Waals surface area (Å²) in [6, 6.07) is 26.7. The van der Waals surface area contributed by atoms with Crippen molar-refractivity contribution in [2.24, 2.45) is 5.92 Å². The number of hydrogen-bond donors (Lipinski definition) is 2. The van der Waals surface area contributed by atoms with Crippen LogP contribution < -0.4 is 20.3 Å². The van der Waals surface area contributed by atoms with Crippen molar-refractivity contribution in [3.05, 3.63) is 119 Å². The van der Waals surface area contributed by atoms with Crippen molar-refractivity contribution in [3.8, 4) is 5.75 Å². The lowest BCUT2D eigenvalue weighted by atomic mass is 9.89. The summed E-state index contributed by atoms with van der Waals surface area (Å²) in [5.41, 5.74) is 4.19. The Labute approximate surface area is 245 Å². The maximum atomic E-state index is 13.5. The van der Waals surface area contributed by atoms with Gasteiger partial charge in [0, 0.05) is 48.4 Å². The van der Waals surface area contributed by atoms with Gasteiger partial charge in [0.15, 0.2) is 6.61 Å². The molecule has 8 heteroatoms. The lowest BCUT2D eigenvalue weighted by Crippen LogP contribution is -2.36. The highest BCUT2D eigenvalue weighted by Crippen LogP contribution is 2.30. The summed E-state index contributed by atoms with van der Waals surface area (Å²) in [6.07, 6.45) is 6.60. The van der Waals surface area contributed by atoms with Crippen LogP contribution in [-0.4, -0.2) is 36.5 Å². The zero-order valence-corrected chi connectivity index (χ0v) is 23.5. The molecule has 2 N–H and O–H groups in total. The van der Waals surface area contributed by atoms with Gasteiger partial charge in [0.05, 0.1) is 5.56 Å². The van der Waals surface area contributed by atoms with Crippen LogP contribution in [0.15, 0.2) is 97.3 Å². The number of carbonyl (C=O) groups excluding carboxylic acids is 2. The Morgan fingerprint density at radius 2 is 1.68 bits per heavy atom. The fraction of sp³-hybridized carbons (Fsp3) is 0.242. The summed E-state index contributed by atoms with van der Waals surface area (Å²) in [4.78, 5) is 32.5. The fourth-order valence-corrected chi connectivity index (χ4v) is 5.18. The van der Waals surface area contributed by atoms with Gasteiger partial charge < -0.3 is 20.3 Å². The molecule has 41 heavy (non-hydrogen) atoms. The van der Waals surface area contributed by atoms with E-state index in [4.69, 9.17) is 16.3 Å². The van der Waals surface area contributed by atoms with Crippen LogP contribution in [0.5, 0.6) is 5.75 Å². The highest BCUT2D eigenvalue weighted by atomic mass is 35.5. The van der Waals surface area contributed by atoms with E-state index in [1.807, 2.05) is 30.3 Å². The first-order chi connectivity index (χ1) is 20.0. The van der Waals surface area contributed by atoms with E-state index in [2.05, 4.69) is 44.8 Å². The highest BCUT2D eigenvalue weighted by Gasteiger charge is 2.24. The summed E-state index contributed by atoms with van der Waals surface area (Å²) < 4.78 is 5.57. The van der Waals surface area contributed by atoms with Crippen LogP contribution in [0.3, 0.4) is 0 Å². The van der Waals surface area contributed by atoms with E-state index < -0.39 is 0 Å². The van der Waals surface area contributed by atoms with Gasteiger partial charge in [-0.2, -0.15) is 0 Å². The van der Waals surface area contributed by atoms with Crippen LogP contribution in [0.1, 0.15) is 34.3 Å². The van der Waals surface area contributed by atoms with Gasteiger partial charge in [0.25, 0.3) is 11.8 Å². The van der Waals surface area contributed by atoms with Crippen molar-refractivity contribution in [2.75, 3.05) is 29.9 Å². The Hall–Kier alpha value is -4.36. The molecule has 0 radical (unpaired) electrons. The van der Waals surface area contributed by atoms with Crippen molar-refractivity contribution in [2.45, 2.75) is 25.8 Å². The van der Waals surface area contributed by atoms with Gasteiger partial charge in [0.1, 0.15) is 5.75 Å². The minimum absolute atomic E-state index is 0.166. The predicted molar refractivity (Wildman–Crippen MR) is 163 cm³/mol. The third kappa shape index (κ3) is 8.08. The first-order valence-corrected chi connectivity index (χ1v) is 14.2. The lowest BCUT2D eigenvalue weighted by Gasteiger charge is -2.35. The molecule has 2 amide bonds. The third-order valence-corrected chi connectivity index (χ3v) is 7.46. The number of nitrogens with zero attached hydrogens (tertiary/aromatic N) is 2. The van der Waals surface area contributed by atoms with Gasteiger partial charge >= 0.3 is 0 Å². The van der Waals surface area contributed by atoms with Crippen molar-refractivity contribution in [1.82, 2.24) is 10.3 Å². The Kier molecular flexibility index (Phi) is 9.49. The maximum absolute atomic E-state index is 13.5. The van der Waals surface area contributed by atoms with E-state index in [9.17, 15) is 9.59 Å². The van der Waals surface area contributed by atoms with E-state index in [0.717, 1.165) is 43.6 Å².